The predicted octanol–water partition coefficient (Wildman–Crippen LogP) is 6.51. The van der Waals surface area contributed by atoms with Crippen LogP contribution in [-0.2, 0) is 22.4 Å². The van der Waals surface area contributed by atoms with Gasteiger partial charge in [0.15, 0.2) is 6.10 Å². The summed E-state index contributed by atoms with van der Waals surface area (Å²) in [5.74, 6) is 0.282. The molecule has 0 radical (unpaired) electrons. The van der Waals surface area contributed by atoms with Gasteiger partial charge < -0.3 is 14.8 Å². The predicted molar refractivity (Wildman–Crippen MR) is 129 cm³/mol. The van der Waals surface area contributed by atoms with Crippen molar-refractivity contribution in [2.75, 3.05) is 12.4 Å². The molecule has 1 aliphatic carbocycles. The van der Waals surface area contributed by atoms with Crippen LogP contribution >= 0.6 is 38.9 Å². The van der Waals surface area contributed by atoms with E-state index in [0.717, 1.165) is 29.7 Å². The van der Waals surface area contributed by atoms with E-state index in [9.17, 15) is 9.59 Å². The summed E-state index contributed by atoms with van der Waals surface area (Å²) in [7, 11) is 1.36. The molecule has 8 heteroatoms. The average molecular weight is 529 g/mol. The smallest absolute Gasteiger partial charge is 0.341 e. The van der Waals surface area contributed by atoms with Crippen molar-refractivity contribution in [2.45, 2.75) is 53.1 Å². The molecule has 0 saturated carbocycles. The fraction of sp³-hybridized carbons (Fsp3) is 0.478. The summed E-state index contributed by atoms with van der Waals surface area (Å²) in [5.41, 5.74) is 1.66. The lowest BCUT2D eigenvalue weighted by Crippen LogP contribution is -2.30. The molecule has 1 aromatic heterocycles. The second kappa shape index (κ2) is 9.51. The van der Waals surface area contributed by atoms with Gasteiger partial charge in [-0.1, -0.05) is 32.4 Å². The quantitative estimate of drug-likeness (QED) is 0.449. The molecule has 0 aliphatic heterocycles. The van der Waals surface area contributed by atoms with E-state index in [2.05, 4.69) is 42.0 Å². The van der Waals surface area contributed by atoms with Crippen LogP contribution in [0.2, 0.25) is 5.02 Å². The number of hydrogen-bond acceptors (Lipinski definition) is 5. The summed E-state index contributed by atoms with van der Waals surface area (Å²) in [6, 6.07) is 5.10. The fourth-order valence-electron chi connectivity index (χ4n) is 3.76. The number of amides is 1. The lowest BCUT2D eigenvalue weighted by molar-refractivity contribution is -0.122. The van der Waals surface area contributed by atoms with Crippen molar-refractivity contribution in [3.63, 3.8) is 0 Å². The van der Waals surface area contributed by atoms with Crippen LogP contribution in [0.15, 0.2) is 22.7 Å². The molecule has 0 bridgehead atoms. The van der Waals surface area contributed by atoms with Gasteiger partial charge >= 0.3 is 5.97 Å². The van der Waals surface area contributed by atoms with Crippen LogP contribution in [0.25, 0.3) is 0 Å². The van der Waals surface area contributed by atoms with Crippen LogP contribution in [0.1, 0.15) is 54.9 Å². The molecule has 2 unspecified atom stereocenters. The topological polar surface area (TPSA) is 64.6 Å². The molecule has 2 atom stereocenters. The van der Waals surface area contributed by atoms with Crippen LogP contribution in [0.3, 0.4) is 0 Å². The Morgan fingerprint density at radius 3 is 2.65 bits per heavy atom. The summed E-state index contributed by atoms with van der Waals surface area (Å²) >= 11 is 10.8. The SMILES string of the molecule is COC(=O)c1c(NC(=O)C(C)Oc2ccc(Cl)cc2Br)sc2c1CCC(C(C)(C)C)C2. The first-order valence-corrected chi connectivity index (χ1v) is 12.2. The van der Waals surface area contributed by atoms with Gasteiger partial charge in [-0.25, -0.2) is 4.79 Å². The Balaban J connectivity index is 1.82. The Hall–Kier alpha value is -1.57. The van der Waals surface area contributed by atoms with Gasteiger partial charge in [-0.3, -0.25) is 4.79 Å². The first-order chi connectivity index (χ1) is 14.5. The number of nitrogens with one attached hydrogen (secondary N) is 1. The van der Waals surface area contributed by atoms with Crippen LogP contribution in [0.4, 0.5) is 5.00 Å². The van der Waals surface area contributed by atoms with Crippen LogP contribution in [-0.4, -0.2) is 25.1 Å². The minimum absolute atomic E-state index is 0.185. The van der Waals surface area contributed by atoms with E-state index in [0.29, 0.717) is 31.7 Å². The van der Waals surface area contributed by atoms with E-state index in [1.807, 2.05) is 0 Å². The van der Waals surface area contributed by atoms with E-state index in [-0.39, 0.29) is 11.3 Å². The van der Waals surface area contributed by atoms with Crippen molar-refractivity contribution in [1.82, 2.24) is 0 Å². The maximum absolute atomic E-state index is 12.9. The average Bonchev–Trinajstić information content (AvgIpc) is 3.05. The third-order valence-corrected chi connectivity index (χ3v) is 7.71. The van der Waals surface area contributed by atoms with Gasteiger partial charge in [-0.05, 0) is 77.2 Å². The first kappa shape index (κ1) is 24.1. The summed E-state index contributed by atoms with van der Waals surface area (Å²) in [5, 5.41) is 4.00. The van der Waals surface area contributed by atoms with Gasteiger partial charge in [-0.2, -0.15) is 0 Å². The first-order valence-electron chi connectivity index (χ1n) is 10.2. The number of carbonyl (C=O) groups is 2. The van der Waals surface area contributed by atoms with Crippen molar-refractivity contribution in [3.8, 4) is 5.75 Å². The number of hydrogen-bond donors (Lipinski definition) is 1. The van der Waals surface area contributed by atoms with Crippen molar-refractivity contribution in [3.05, 3.63) is 43.7 Å². The number of anilines is 1. The molecule has 31 heavy (non-hydrogen) atoms. The monoisotopic (exact) mass is 527 g/mol. The number of ether oxygens (including phenoxy) is 2. The summed E-state index contributed by atoms with van der Waals surface area (Å²) in [6.07, 6.45) is 1.93. The lowest BCUT2D eigenvalue weighted by atomic mass is 9.72. The van der Waals surface area contributed by atoms with Crippen molar-refractivity contribution < 1.29 is 19.1 Å². The van der Waals surface area contributed by atoms with Crippen LogP contribution < -0.4 is 10.1 Å². The zero-order valence-corrected chi connectivity index (χ0v) is 21.5. The van der Waals surface area contributed by atoms with Crippen molar-refractivity contribution >= 4 is 55.7 Å². The van der Waals surface area contributed by atoms with Crippen molar-refractivity contribution in [1.29, 1.82) is 0 Å². The third-order valence-electron chi connectivity index (χ3n) is 5.68. The van der Waals surface area contributed by atoms with Gasteiger partial charge in [0.2, 0.25) is 0 Å². The zero-order chi connectivity index (χ0) is 22.9. The minimum atomic E-state index is -0.774. The zero-order valence-electron chi connectivity index (χ0n) is 18.3. The van der Waals surface area contributed by atoms with E-state index < -0.39 is 12.1 Å². The molecule has 2 aromatic rings. The summed E-state index contributed by atoms with van der Waals surface area (Å²) < 4.78 is 11.5. The van der Waals surface area contributed by atoms with Gasteiger partial charge in [0.25, 0.3) is 5.91 Å². The second-order valence-corrected chi connectivity index (χ2v) is 11.2. The maximum atomic E-state index is 12.9. The number of fused-ring (bicyclic) bond motifs is 1. The molecule has 5 nitrogen and oxygen atoms in total. The Labute approximate surface area is 200 Å². The molecule has 0 fully saturated rings. The Bertz CT molecular complexity index is 998. The van der Waals surface area contributed by atoms with Crippen LogP contribution in [0.5, 0.6) is 5.75 Å². The molecule has 1 amide bonds. The van der Waals surface area contributed by atoms with Crippen molar-refractivity contribution in [2.24, 2.45) is 11.3 Å². The van der Waals surface area contributed by atoms with Gasteiger partial charge in [0.1, 0.15) is 10.8 Å². The molecule has 1 heterocycles. The summed E-state index contributed by atoms with van der Waals surface area (Å²) in [6.45, 7) is 8.40. The molecule has 0 saturated heterocycles. The minimum Gasteiger partial charge on any atom is -0.480 e. The Kier molecular flexibility index (Phi) is 7.39. The third kappa shape index (κ3) is 5.44. The normalized spacial score (nSPS) is 16.9. The molecule has 168 valence electrons. The number of methoxy groups -OCH3 is 1. The number of rotatable bonds is 5. The number of carbonyl (C=O) groups excluding carboxylic acids is 2. The molecule has 3 rings (SSSR count). The molecular weight excluding hydrogens is 502 g/mol. The summed E-state index contributed by atoms with van der Waals surface area (Å²) in [4.78, 5) is 26.6. The fourth-order valence-corrected chi connectivity index (χ4v) is 5.85. The second-order valence-electron chi connectivity index (χ2n) is 8.83. The Morgan fingerprint density at radius 2 is 2.03 bits per heavy atom. The molecule has 1 aromatic carbocycles. The van der Waals surface area contributed by atoms with Crippen LogP contribution in [0, 0.1) is 11.3 Å². The number of halogens is 2. The maximum Gasteiger partial charge on any atom is 0.341 e. The van der Waals surface area contributed by atoms with E-state index in [4.69, 9.17) is 21.1 Å². The highest BCUT2D eigenvalue weighted by molar-refractivity contribution is 9.10. The molecule has 1 aliphatic rings. The standard InChI is InChI=1S/C23H27BrClNO4S/c1-12(30-17-9-7-14(25)11-16(17)24)20(27)26-21-19(22(28)29-5)15-8-6-13(23(2,3)4)10-18(15)31-21/h7,9,11-13H,6,8,10H2,1-5H3,(H,26,27). The van der Waals surface area contributed by atoms with Gasteiger partial charge in [-0.15, -0.1) is 11.3 Å². The van der Waals surface area contributed by atoms with E-state index in [1.54, 1.807) is 25.1 Å². The van der Waals surface area contributed by atoms with Gasteiger partial charge in [0.05, 0.1) is 17.1 Å². The lowest BCUT2D eigenvalue weighted by Gasteiger charge is -2.33. The van der Waals surface area contributed by atoms with Gasteiger partial charge in [0, 0.05) is 9.90 Å². The Morgan fingerprint density at radius 1 is 1.32 bits per heavy atom. The highest BCUT2D eigenvalue weighted by Gasteiger charge is 2.34. The van der Waals surface area contributed by atoms with E-state index >= 15 is 0 Å². The molecular formula is C23H27BrClNO4S. The van der Waals surface area contributed by atoms with E-state index in [1.165, 1.54) is 18.4 Å². The molecule has 0 spiro atoms. The number of thiophene rings is 1. The largest absolute Gasteiger partial charge is 0.480 e. The number of benzene rings is 1. The molecule has 1 N–H and O–H groups in total. The highest BCUT2D eigenvalue weighted by Crippen LogP contribution is 2.44. The number of esters is 1. The highest BCUT2D eigenvalue weighted by atomic mass is 79.9.